The maximum absolute atomic E-state index is 3.73. The van der Waals surface area contributed by atoms with Crippen molar-refractivity contribution >= 4 is 8.24 Å². The van der Waals surface area contributed by atoms with Gasteiger partial charge in [-0.2, -0.15) is 0 Å². The van der Waals surface area contributed by atoms with Gasteiger partial charge in [-0.3, -0.25) is 0 Å². The van der Waals surface area contributed by atoms with E-state index in [9.17, 15) is 0 Å². The predicted molar refractivity (Wildman–Crippen MR) is 86.4 cm³/mol. The fraction of sp³-hybridized carbons (Fsp3) is 0.278. The van der Waals surface area contributed by atoms with Gasteiger partial charge >= 0.3 is 0 Å². The van der Waals surface area contributed by atoms with Crippen molar-refractivity contribution in [2.75, 3.05) is 7.05 Å². The van der Waals surface area contributed by atoms with E-state index in [4.69, 9.17) is 0 Å². The highest BCUT2D eigenvalue weighted by Gasteiger charge is 2.61. The highest BCUT2D eigenvalue weighted by molar-refractivity contribution is 6.84. The SMILES string of the molecule is CN[Si]1(C)CC(C)C2=CC=C[C]3[C]4C=CC=C[C]4[C]1[C]32. The van der Waals surface area contributed by atoms with Crippen molar-refractivity contribution in [1.82, 2.24) is 4.98 Å². The molecular weight excluding hydrogens is 258 g/mol. The second kappa shape index (κ2) is 4.31. The van der Waals surface area contributed by atoms with Crippen LogP contribution in [0.15, 0.2) is 48.1 Å². The van der Waals surface area contributed by atoms with E-state index in [0.29, 0.717) is 5.92 Å². The number of rotatable bonds is 1. The van der Waals surface area contributed by atoms with Crippen LogP contribution in [-0.2, 0) is 0 Å². The Labute approximate surface area is 123 Å². The van der Waals surface area contributed by atoms with Gasteiger partial charge in [0.25, 0.3) is 0 Å². The zero-order valence-electron chi connectivity index (χ0n) is 12.3. The Morgan fingerprint density at radius 3 is 2.50 bits per heavy atom. The molecule has 1 saturated heterocycles. The first kappa shape index (κ1) is 12.8. The van der Waals surface area contributed by atoms with Crippen LogP contribution in [0.4, 0.5) is 0 Å². The molecule has 2 heteroatoms. The zero-order chi connectivity index (χ0) is 13.9. The molecule has 0 spiro atoms. The van der Waals surface area contributed by atoms with E-state index in [1.54, 1.807) is 17.0 Å². The van der Waals surface area contributed by atoms with Crippen molar-refractivity contribution in [1.29, 1.82) is 0 Å². The van der Waals surface area contributed by atoms with Gasteiger partial charge in [-0.15, -0.1) is 0 Å². The lowest BCUT2D eigenvalue weighted by Gasteiger charge is -2.47. The minimum atomic E-state index is -1.59. The number of nitrogens with one attached hydrogen (secondary N) is 1. The van der Waals surface area contributed by atoms with Crippen LogP contribution in [0.5, 0.6) is 0 Å². The van der Waals surface area contributed by atoms with E-state index in [-0.39, 0.29) is 0 Å². The molecule has 2 fully saturated rings. The molecule has 3 aliphatic carbocycles. The van der Waals surface area contributed by atoms with Crippen LogP contribution >= 0.6 is 0 Å². The number of fused-ring (bicyclic) bond motifs is 3. The van der Waals surface area contributed by atoms with E-state index in [0.717, 1.165) is 0 Å². The van der Waals surface area contributed by atoms with E-state index in [1.165, 1.54) is 23.8 Å². The molecule has 0 bridgehead atoms. The van der Waals surface area contributed by atoms with Gasteiger partial charge in [-0.1, -0.05) is 61.6 Å². The van der Waals surface area contributed by atoms with Gasteiger partial charge in [-0.05, 0) is 19.0 Å². The number of hydrogen-bond acceptors (Lipinski definition) is 1. The molecule has 4 rings (SSSR count). The van der Waals surface area contributed by atoms with E-state index >= 15 is 0 Å². The largest absolute Gasteiger partial charge is 0.340 e. The zero-order valence-corrected chi connectivity index (χ0v) is 13.3. The standard InChI is InChI=1S/C18H20NSi/c1-12-11-20(3,19-2)18-16-8-5-4-7-14(16)15-10-6-9-13(12)17(15)18/h4-10,12,19H,11H2,1-3H3. The maximum Gasteiger partial charge on any atom is 0.131 e. The Hall–Kier alpha value is -0.863. The Kier molecular flexibility index (Phi) is 2.77. The smallest absolute Gasteiger partial charge is 0.131 e. The average molecular weight is 278 g/mol. The minimum Gasteiger partial charge on any atom is -0.340 e. The topological polar surface area (TPSA) is 12.0 Å². The fourth-order valence-electron chi connectivity index (χ4n) is 4.18. The van der Waals surface area contributed by atoms with Gasteiger partial charge in [0.05, 0.1) is 0 Å². The molecule has 1 nitrogen and oxygen atoms in total. The van der Waals surface area contributed by atoms with Crippen LogP contribution < -0.4 is 4.98 Å². The second-order valence-electron chi connectivity index (χ2n) is 6.38. The summed E-state index contributed by atoms with van der Waals surface area (Å²) in [4.78, 5) is 3.73. The summed E-state index contributed by atoms with van der Waals surface area (Å²) in [5, 5.41) is 0. The molecule has 5 radical (unpaired) electrons. The molecule has 0 amide bonds. The highest BCUT2D eigenvalue weighted by Crippen LogP contribution is 2.65. The van der Waals surface area contributed by atoms with Crippen molar-refractivity contribution in [3.8, 4) is 0 Å². The number of allylic oxidation sites excluding steroid dienone is 8. The summed E-state index contributed by atoms with van der Waals surface area (Å²) < 4.78 is 0. The first-order valence-corrected chi connectivity index (χ1v) is 10.2. The van der Waals surface area contributed by atoms with Crippen LogP contribution in [0.25, 0.3) is 0 Å². The molecule has 4 aliphatic rings. The van der Waals surface area contributed by atoms with E-state index in [1.807, 2.05) is 0 Å². The molecule has 1 N–H and O–H groups in total. The summed E-state index contributed by atoms with van der Waals surface area (Å²) in [7, 11) is 0.566. The molecule has 1 aliphatic heterocycles. The van der Waals surface area contributed by atoms with Gasteiger partial charge in [0.15, 0.2) is 0 Å². The first-order valence-electron chi connectivity index (χ1n) is 7.45. The normalized spacial score (nSPS) is 38.1. The molecule has 2 unspecified atom stereocenters. The van der Waals surface area contributed by atoms with Gasteiger partial charge in [0.1, 0.15) is 8.24 Å². The lowest BCUT2D eigenvalue weighted by Crippen LogP contribution is -2.58. The summed E-state index contributed by atoms with van der Waals surface area (Å²) in [6, 6.07) is 1.30. The van der Waals surface area contributed by atoms with Crippen molar-refractivity contribution in [2.45, 2.75) is 19.5 Å². The van der Waals surface area contributed by atoms with E-state index < -0.39 is 8.24 Å². The first-order chi connectivity index (χ1) is 9.65. The van der Waals surface area contributed by atoms with Crippen molar-refractivity contribution in [3.63, 3.8) is 0 Å². The molecular formula is C18H20NSi. The van der Waals surface area contributed by atoms with Gasteiger partial charge in [-0.25, -0.2) is 0 Å². The minimum absolute atomic E-state index is 0.659. The van der Waals surface area contributed by atoms with Crippen LogP contribution in [0.2, 0.25) is 12.6 Å². The number of hydrogen-bond donors (Lipinski definition) is 1. The van der Waals surface area contributed by atoms with Crippen LogP contribution in [0, 0.1) is 35.1 Å². The molecule has 101 valence electrons. The third-order valence-electron chi connectivity index (χ3n) is 5.18. The Morgan fingerprint density at radius 2 is 1.75 bits per heavy atom. The summed E-state index contributed by atoms with van der Waals surface area (Å²) in [6.45, 7) is 4.87. The quantitative estimate of drug-likeness (QED) is 0.724. The Bertz CT molecular complexity index is 544. The van der Waals surface area contributed by atoms with Crippen LogP contribution in [-0.4, -0.2) is 15.3 Å². The third-order valence-corrected chi connectivity index (χ3v) is 9.34. The highest BCUT2D eigenvalue weighted by atomic mass is 28.3. The van der Waals surface area contributed by atoms with Gasteiger partial charge < -0.3 is 4.98 Å². The monoisotopic (exact) mass is 278 g/mol. The lowest BCUT2D eigenvalue weighted by atomic mass is 9.76. The molecule has 0 aromatic rings. The Balaban J connectivity index is 1.86. The van der Waals surface area contributed by atoms with Crippen LogP contribution in [0.3, 0.4) is 0 Å². The maximum atomic E-state index is 3.73. The van der Waals surface area contributed by atoms with Crippen molar-refractivity contribution in [3.05, 3.63) is 77.3 Å². The van der Waals surface area contributed by atoms with Gasteiger partial charge in [0.2, 0.25) is 0 Å². The summed E-state index contributed by atoms with van der Waals surface area (Å²) in [5.41, 5.74) is 3.19. The Morgan fingerprint density at radius 1 is 1.05 bits per heavy atom. The average Bonchev–Trinajstić information content (AvgIpc) is 2.81. The van der Waals surface area contributed by atoms with Crippen LogP contribution in [0.1, 0.15) is 6.92 Å². The molecule has 20 heavy (non-hydrogen) atoms. The summed E-state index contributed by atoms with van der Waals surface area (Å²) >= 11 is 0. The summed E-state index contributed by atoms with van der Waals surface area (Å²) in [5.74, 6) is 6.57. The predicted octanol–water partition coefficient (Wildman–Crippen LogP) is 3.48. The second-order valence-corrected chi connectivity index (χ2v) is 10.5. The van der Waals surface area contributed by atoms with Crippen molar-refractivity contribution < 1.29 is 0 Å². The molecule has 0 aromatic heterocycles. The molecule has 1 heterocycles. The molecule has 2 atom stereocenters. The summed E-state index contributed by atoms with van der Waals surface area (Å²) in [6.07, 6.45) is 15.8. The van der Waals surface area contributed by atoms with Gasteiger partial charge in [0, 0.05) is 29.2 Å². The van der Waals surface area contributed by atoms with E-state index in [2.05, 4.69) is 68.0 Å². The molecule has 0 aromatic carbocycles. The lowest BCUT2D eigenvalue weighted by molar-refractivity contribution is 0.695. The van der Waals surface area contributed by atoms with Crippen molar-refractivity contribution in [2.24, 2.45) is 5.92 Å². The fourth-order valence-corrected chi connectivity index (χ4v) is 7.93. The third kappa shape index (κ3) is 1.52. The molecule has 1 saturated carbocycles.